The molecule has 108 valence electrons. The van der Waals surface area contributed by atoms with E-state index >= 15 is 0 Å². The van der Waals surface area contributed by atoms with E-state index in [1.54, 1.807) is 13.2 Å². The number of nitrogen functional groups attached to an aromatic ring is 1. The Morgan fingerprint density at radius 2 is 2.11 bits per heavy atom. The average molecular weight is 271 g/mol. The van der Waals surface area contributed by atoms with Crippen molar-refractivity contribution in [2.75, 3.05) is 44.2 Å². The van der Waals surface area contributed by atoms with Crippen LogP contribution in [-0.4, -0.2) is 48.5 Å². The first-order chi connectivity index (χ1) is 9.30. The second-order valence-corrected chi connectivity index (χ2v) is 3.75. The number of rotatable bonds is 10. The highest BCUT2D eigenvalue weighted by atomic mass is 16.5. The molecule has 0 unspecified atom stereocenters. The molecule has 1 aromatic heterocycles. The second kappa shape index (κ2) is 9.45. The molecule has 8 heteroatoms. The molecule has 0 saturated heterocycles. The lowest BCUT2D eigenvalue weighted by atomic mass is 10.4. The fourth-order valence-corrected chi connectivity index (χ4v) is 1.41. The Balaban J connectivity index is 2.41. The zero-order chi connectivity index (χ0) is 13.9. The number of anilines is 2. The fourth-order valence-electron chi connectivity index (χ4n) is 1.41. The SMILES string of the molecule is COCc1nc(NN)cc(NCCCOCCO)n1. The Bertz CT molecular complexity index is 364. The molecule has 0 spiro atoms. The third-order valence-corrected chi connectivity index (χ3v) is 2.20. The summed E-state index contributed by atoms with van der Waals surface area (Å²) in [7, 11) is 1.58. The molecule has 0 aliphatic rings. The van der Waals surface area contributed by atoms with Gasteiger partial charge in [-0.2, -0.15) is 0 Å². The first-order valence-electron chi connectivity index (χ1n) is 6.06. The van der Waals surface area contributed by atoms with E-state index in [4.69, 9.17) is 20.4 Å². The van der Waals surface area contributed by atoms with Crippen molar-refractivity contribution < 1.29 is 14.6 Å². The van der Waals surface area contributed by atoms with Crippen LogP contribution in [0.4, 0.5) is 11.6 Å². The maximum atomic E-state index is 8.55. The van der Waals surface area contributed by atoms with Gasteiger partial charge in [-0.3, -0.25) is 0 Å². The largest absolute Gasteiger partial charge is 0.394 e. The fraction of sp³-hybridized carbons (Fsp3) is 0.636. The van der Waals surface area contributed by atoms with E-state index in [1.807, 2.05) is 0 Å². The summed E-state index contributed by atoms with van der Waals surface area (Å²) in [6, 6.07) is 1.72. The van der Waals surface area contributed by atoms with E-state index < -0.39 is 0 Å². The molecule has 1 heterocycles. The molecular formula is C11H21N5O3. The summed E-state index contributed by atoms with van der Waals surface area (Å²) < 4.78 is 10.1. The van der Waals surface area contributed by atoms with E-state index in [0.29, 0.717) is 43.8 Å². The molecule has 8 nitrogen and oxygen atoms in total. The Kier molecular flexibility index (Phi) is 7.75. The molecule has 0 atom stereocenters. The van der Waals surface area contributed by atoms with Gasteiger partial charge in [0.15, 0.2) is 5.82 Å². The number of hydrogen-bond acceptors (Lipinski definition) is 8. The van der Waals surface area contributed by atoms with Crippen LogP contribution in [-0.2, 0) is 16.1 Å². The first-order valence-corrected chi connectivity index (χ1v) is 6.06. The monoisotopic (exact) mass is 271 g/mol. The van der Waals surface area contributed by atoms with Gasteiger partial charge in [0.05, 0.1) is 13.2 Å². The van der Waals surface area contributed by atoms with Crippen molar-refractivity contribution in [3.05, 3.63) is 11.9 Å². The van der Waals surface area contributed by atoms with Crippen molar-refractivity contribution >= 4 is 11.6 Å². The molecule has 0 saturated carbocycles. The molecule has 0 bridgehead atoms. The number of ether oxygens (including phenoxy) is 2. The lowest BCUT2D eigenvalue weighted by Gasteiger charge is -2.09. The lowest BCUT2D eigenvalue weighted by molar-refractivity contribution is 0.0922. The van der Waals surface area contributed by atoms with Crippen molar-refractivity contribution in [1.29, 1.82) is 0 Å². The first kappa shape index (κ1) is 15.6. The Labute approximate surface area is 112 Å². The minimum atomic E-state index is 0.0469. The molecule has 0 aromatic carbocycles. The van der Waals surface area contributed by atoms with Gasteiger partial charge in [-0.1, -0.05) is 0 Å². The van der Waals surface area contributed by atoms with E-state index in [2.05, 4.69) is 20.7 Å². The quantitative estimate of drug-likeness (QED) is 0.261. The van der Waals surface area contributed by atoms with Crippen molar-refractivity contribution in [3.63, 3.8) is 0 Å². The van der Waals surface area contributed by atoms with E-state index in [1.165, 1.54) is 0 Å². The summed E-state index contributed by atoms with van der Waals surface area (Å²) in [4.78, 5) is 8.43. The summed E-state index contributed by atoms with van der Waals surface area (Å²) in [6.45, 7) is 2.03. The van der Waals surface area contributed by atoms with Crippen molar-refractivity contribution in [3.8, 4) is 0 Å². The van der Waals surface area contributed by atoms with Gasteiger partial charge in [-0.25, -0.2) is 15.8 Å². The minimum Gasteiger partial charge on any atom is -0.394 e. The summed E-state index contributed by atoms with van der Waals surface area (Å²) in [5.41, 5.74) is 2.49. The molecule has 0 amide bonds. The zero-order valence-corrected chi connectivity index (χ0v) is 11.1. The molecule has 0 aliphatic heterocycles. The number of nitrogens with one attached hydrogen (secondary N) is 2. The zero-order valence-electron chi connectivity index (χ0n) is 11.1. The molecule has 0 fully saturated rings. The van der Waals surface area contributed by atoms with Crippen LogP contribution >= 0.6 is 0 Å². The molecule has 1 aromatic rings. The van der Waals surface area contributed by atoms with E-state index in [-0.39, 0.29) is 6.61 Å². The van der Waals surface area contributed by atoms with Crippen LogP contribution in [0.25, 0.3) is 0 Å². The highest BCUT2D eigenvalue weighted by Crippen LogP contribution is 2.10. The van der Waals surface area contributed by atoms with Crippen LogP contribution in [0.1, 0.15) is 12.2 Å². The molecule has 1 rings (SSSR count). The average Bonchev–Trinajstić information content (AvgIpc) is 2.43. The van der Waals surface area contributed by atoms with Crippen LogP contribution in [0.3, 0.4) is 0 Å². The topological polar surface area (TPSA) is 115 Å². The van der Waals surface area contributed by atoms with Gasteiger partial charge >= 0.3 is 0 Å². The Hall–Kier alpha value is -1.48. The number of aliphatic hydroxyl groups excluding tert-OH is 1. The standard InChI is InChI=1S/C11H21N5O3/c1-18-8-11-14-9(7-10(15-11)16-12)13-3-2-5-19-6-4-17/h7,17H,2-6,8,12H2,1H3,(H2,13,14,15,16). The number of nitrogens with zero attached hydrogens (tertiary/aromatic N) is 2. The molecule has 0 radical (unpaired) electrons. The van der Waals surface area contributed by atoms with Gasteiger partial charge in [0.1, 0.15) is 18.2 Å². The summed E-state index contributed by atoms with van der Waals surface area (Å²) in [5, 5.41) is 11.7. The maximum Gasteiger partial charge on any atom is 0.158 e. The van der Waals surface area contributed by atoms with Crippen molar-refractivity contribution in [2.24, 2.45) is 5.84 Å². The third-order valence-electron chi connectivity index (χ3n) is 2.20. The number of methoxy groups -OCH3 is 1. The summed E-state index contributed by atoms with van der Waals surface area (Å²) >= 11 is 0. The highest BCUT2D eigenvalue weighted by molar-refractivity contribution is 5.46. The Morgan fingerprint density at radius 3 is 2.79 bits per heavy atom. The molecule has 0 aliphatic carbocycles. The van der Waals surface area contributed by atoms with Gasteiger partial charge in [0.25, 0.3) is 0 Å². The molecule has 19 heavy (non-hydrogen) atoms. The van der Waals surface area contributed by atoms with Crippen LogP contribution in [0.15, 0.2) is 6.07 Å². The van der Waals surface area contributed by atoms with Gasteiger partial charge in [0.2, 0.25) is 0 Å². The number of hydrazine groups is 1. The smallest absolute Gasteiger partial charge is 0.158 e. The van der Waals surface area contributed by atoms with Crippen LogP contribution in [0, 0.1) is 0 Å². The number of nitrogens with two attached hydrogens (primary N) is 1. The normalized spacial score (nSPS) is 10.5. The van der Waals surface area contributed by atoms with Gasteiger partial charge < -0.3 is 25.3 Å². The number of aliphatic hydroxyl groups is 1. The molecular weight excluding hydrogens is 250 g/mol. The minimum absolute atomic E-state index is 0.0469. The maximum absolute atomic E-state index is 8.55. The Morgan fingerprint density at radius 1 is 1.32 bits per heavy atom. The number of hydrogen-bond donors (Lipinski definition) is 4. The van der Waals surface area contributed by atoms with Gasteiger partial charge in [-0.05, 0) is 6.42 Å². The van der Waals surface area contributed by atoms with Crippen LogP contribution in [0.2, 0.25) is 0 Å². The summed E-state index contributed by atoms with van der Waals surface area (Å²) in [5.74, 6) is 7.10. The van der Waals surface area contributed by atoms with Gasteiger partial charge in [-0.15, -0.1) is 0 Å². The predicted molar refractivity (Wildman–Crippen MR) is 71.6 cm³/mol. The summed E-state index contributed by atoms with van der Waals surface area (Å²) in [6.07, 6.45) is 0.814. The van der Waals surface area contributed by atoms with Gasteiger partial charge in [0, 0.05) is 26.3 Å². The lowest BCUT2D eigenvalue weighted by Crippen LogP contribution is -2.13. The number of aromatic nitrogens is 2. The second-order valence-electron chi connectivity index (χ2n) is 3.75. The van der Waals surface area contributed by atoms with Crippen LogP contribution in [0.5, 0.6) is 0 Å². The molecule has 5 N–H and O–H groups in total. The van der Waals surface area contributed by atoms with E-state index in [9.17, 15) is 0 Å². The van der Waals surface area contributed by atoms with E-state index in [0.717, 1.165) is 6.42 Å². The van der Waals surface area contributed by atoms with Crippen LogP contribution < -0.4 is 16.6 Å². The van der Waals surface area contributed by atoms with Crippen molar-refractivity contribution in [1.82, 2.24) is 9.97 Å². The van der Waals surface area contributed by atoms with Crippen molar-refractivity contribution in [2.45, 2.75) is 13.0 Å². The predicted octanol–water partition coefficient (Wildman–Crippen LogP) is -0.280. The highest BCUT2D eigenvalue weighted by Gasteiger charge is 2.03. The third kappa shape index (κ3) is 6.30.